The zero-order valence-electron chi connectivity index (χ0n) is 22.5. The quantitative estimate of drug-likeness (QED) is 0.195. The molecule has 12 nitrogen and oxygen atoms in total. The number of rotatable bonds is 12. The van der Waals surface area contributed by atoms with Gasteiger partial charge in [0.25, 0.3) is 5.56 Å². The zero-order chi connectivity index (χ0) is 29.6. The lowest BCUT2D eigenvalue weighted by Gasteiger charge is -2.16. The average molecular weight is 580 g/mol. The number of sulfonamides is 1. The molecule has 0 fully saturated rings. The molecule has 0 unspecified atom stereocenters. The number of nitrogens with one attached hydrogen (secondary N) is 3. The van der Waals surface area contributed by atoms with Gasteiger partial charge in [0.2, 0.25) is 10.0 Å². The van der Waals surface area contributed by atoms with Gasteiger partial charge in [0.15, 0.2) is 11.5 Å². The summed E-state index contributed by atoms with van der Waals surface area (Å²) in [4.78, 5) is 35.8. The van der Waals surface area contributed by atoms with E-state index in [1.807, 2.05) is 31.2 Å². The van der Waals surface area contributed by atoms with Crippen molar-refractivity contribution in [2.45, 2.75) is 24.3 Å². The highest BCUT2D eigenvalue weighted by atomic mass is 32.2. The summed E-state index contributed by atoms with van der Waals surface area (Å²) in [5, 5.41) is 13.2. The molecule has 0 saturated carbocycles. The number of ether oxygens (including phenoxy) is 2. The number of aromatic amines is 1. The van der Waals surface area contributed by atoms with Crippen molar-refractivity contribution in [1.82, 2.24) is 19.7 Å². The molecule has 0 radical (unpaired) electrons. The molecule has 0 amide bonds. The van der Waals surface area contributed by atoms with Gasteiger partial charge in [-0.2, -0.15) is 4.72 Å². The molecule has 4 rings (SSSR count). The maximum absolute atomic E-state index is 12.9. The maximum atomic E-state index is 12.9. The van der Waals surface area contributed by atoms with E-state index in [1.165, 1.54) is 32.4 Å². The van der Waals surface area contributed by atoms with Crippen LogP contribution in [0.3, 0.4) is 0 Å². The van der Waals surface area contributed by atoms with Gasteiger partial charge in [0.05, 0.1) is 30.0 Å². The average Bonchev–Trinajstić information content (AvgIpc) is 2.95. The third kappa shape index (κ3) is 7.26. The number of carboxylic acids is 1. The van der Waals surface area contributed by atoms with E-state index >= 15 is 0 Å². The fraction of sp³-hybridized carbons (Fsp3) is 0.214. The Morgan fingerprint density at radius 1 is 1.10 bits per heavy atom. The van der Waals surface area contributed by atoms with Crippen LogP contribution in [-0.2, 0) is 21.2 Å². The molecule has 1 atom stereocenters. The number of carbonyl (C=O) groups is 1. The van der Waals surface area contributed by atoms with Gasteiger partial charge in [-0.05, 0) is 48.4 Å². The van der Waals surface area contributed by atoms with Gasteiger partial charge in [-0.25, -0.2) is 18.4 Å². The van der Waals surface area contributed by atoms with Crippen molar-refractivity contribution in [2.24, 2.45) is 0 Å². The first-order valence-corrected chi connectivity index (χ1v) is 13.9. The summed E-state index contributed by atoms with van der Waals surface area (Å²) < 4.78 is 38.3. The number of carboxylic acid groups (broad SMARTS) is 1. The predicted octanol–water partition coefficient (Wildman–Crippen LogP) is 2.74. The number of nitrogens with zero attached hydrogens (tertiary/aromatic N) is 2. The molecule has 2 heterocycles. The second-order valence-electron chi connectivity index (χ2n) is 9.03. The number of hydrogen-bond acceptors (Lipinski definition) is 9. The Labute approximate surface area is 236 Å². The van der Waals surface area contributed by atoms with Crippen molar-refractivity contribution in [1.29, 1.82) is 0 Å². The van der Waals surface area contributed by atoms with Crippen LogP contribution in [0.1, 0.15) is 17.0 Å². The van der Waals surface area contributed by atoms with Crippen LogP contribution in [0.25, 0.3) is 17.0 Å². The van der Waals surface area contributed by atoms with Crippen molar-refractivity contribution < 1.29 is 27.8 Å². The van der Waals surface area contributed by atoms with E-state index in [0.717, 1.165) is 16.9 Å². The Balaban J connectivity index is 1.49. The number of benzene rings is 2. The first kappa shape index (κ1) is 29.2. The SMILES string of the molecule is COc1ccc(S(=O)(=O)N[C@@H](Cc2nc3ccc(/C=C/CNc4ccc(C)cn4)cc3c(=O)[nH]2)C(=O)O)cc1OC. The summed E-state index contributed by atoms with van der Waals surface area (Å²) in [5.74, 6) is -0.196. The number of aliphatic carboxylic acids is 1. The Hall–Kier alpha value is -4.75. The van der Waals surface area contributed by atoms with Gasteiger partial charge in [-0.15, -0.1) is 0 Å². The first-order chi connectivity index (χ1) is 19.6. The van der Waals surface area contributed by atoms with Crippen LogP contribution < -0.4 is 25.1 Å². The monoisotopic (exact) mass is 579 g/mol. The second-order valence-corrected chi connectivity index (χ2v) is 10.7. The zero-order valence-corrected chi connectivity index (χ0v) is 23.4. The van der Waals surface area contributed by atoms with Crippen LogP contribution in [0, 0.1) is 6.92 Å². The minimum Gasteiger partial charge on any atom is -0.493 e. The van der Waals surface area contributed by atoms with Gasteiger partial charge in [-0.3, -0.25) is 9.59 Å². The van der Waals surface area contributed by atoms with Crippen molar-refractivity contribution in [3.8, 4) is 11.5 Å². The van der Waals surface area contributed by atoms with E-state index in [0.29, 0.717) is 23.2 Å². The number of pyridine rings is 1. The molecule has 2 aromatic heterocycles. The largest absolute Gasteiger partial charge is 0.493 e. The Bertz CT molecular complexity index is 1750. The van der Waals surface area contributed by atoms with Gasteiger partial charge in [-0.1, -0.05) is 24.3 Å². The van der Waals surface area contributed by atoms with Crippen molar-refractivity contribution in [3.05, 3.63) is 88.1 Å². The standard InChI is InChI=1S/C28H29N5O7S/c1-17-6-11-25(30-16-17)29-12-4-5-18-7-9-21-20(13-18)27(34)32-26(31-21)15-22(28(35)36)33-41(37,38)19-8-10-23(39-2)24(14-19)40-3/h4-11,13-14,16,22,33H,12,15H2,1-3H3,(H,29,30)(H,35,36)(H,31,32,34)/b5-4+/t22-/m0/s1. The summed E-state index contributed by atoms with van der Waals surface area (Å²) in [6.45, 7) is 2.49. The molecule has 41 heavy (non-hydrogen) atoms. The van der Waals surface area contributed by atoms with Gasteiger partial charge in [0, 0.05) is 25.2 Å². The highest BCUT2D eigenvalue weighted by molar-refractivity contribution is 7.89. The van der Waals surface area contributed by atoms with Crippen LogP contribution >= 0.6 is 0 Å². The molecule has 214 valence electrons. The normalized spacial score (nSPS) is 12.4. The molecular formula is C28H29N5O7S. The first-order valence-electron chi connectivity index (χ1n) is 12.4. The molecule has 0 spiro atoms. The smallest absolute Gasteiger partial charge is 0.322 e. The lowest BCUT2D eigenvalue weighted by Crippen LogP contribution is -2.42. The minimum absolute atomic E-state index is 0.0167. The number of H-pyrrole nitrogens is 1. The van der Waals surface area contributed by atoms with E-state index in [-0.39, 0.29) is 16.5 Å². The van der Waals surface area contributed by atoms with Crippen LogP contribution in [0.15, 0.2) is 70.5 Å². The molecule has 13 heteroatoms. The van der Waals surface area contributed by atoms with Gasteiger partial charge >= 0.3 is 5.97 Å². The summed E-state index contributed by atoms with van der Waals surface area (Å²) >= 11 is 0. The number of fused-ring (bicyclic) bond motifs is 1. The summed E-state index contributed by atoms with van der Waals surface area (Å²) in [6.07, 6.45) is 5.11. The second kappa shape index (κ2) is 12.6. The van der Waals surface area contributed by atoms with E-state index in [4.69, 9.17) is 9.47 Å². The number of aryl methyl sites for hydroxylation is 1. The molecule has 0 saturated heterocycles. The topological polar surface area (TPSA) is 173 Å². The highest BCUT2D eigenvalue weighted by Gasteiger charge is 2.27. The number of anilines is 1. The lowest BCUT2D eigenvalue weighted by molar-refractivity contribution is -0.139. The molecule has 2 aromatic carbocycles. The van der Waals surface area contributed by atoms with Crippen molar-refractivity contribution in [2.75, 3.05) is 26.1 Å². The number of methoxy groups -OCH3 is 2. The number of hydrogen-bond donors (Lipinski definition) is 4. The summed E-state index contributed by atoms with van der Waals surface area (Å²) in [6, 6.07) is 11.2. The van der Waals surface area contributed by atoms with Crippen LogP contribution in [0.5, 0.6) is 11.5 Å². The van der Waals surface area contributed by atoms with E-state index in [1.54, 1.807) is 24.4 Å². The third-order valence-electron chi connectivity index (χ3n) is 6.06. The fourth-order valence-corrected chi connectivity index (χ4v) is 5.15. The molecule has 0 aliphatic heterocycles. The van der Waals surface area contributed by atoms with Gasteiger partial charge < -0.3 is 24.9 Å². The summed E-state index contributed by atoms with van der Waals surface area (Å²) in [7, 11) is -1.52. The molecule has 0 aliphatic carbocycles. The number of aromatic nitrogens is 3. The van der Waals surface area contributed by atoms with Crippen LogP contribution in [-0.4, -0.2) is 61.3 Å². The molecule has 4 aromatic rings. The van der Waals surface area contributed by atoms with Crippen molar-refractivity contribution in [3.63, 3.8) is 0 Å². The highest BCUT2D eigenvalue weighted by Crippen LogP contribution is 2.29. The lowest BCUT2D eigenvalue weighted by atomic mass is 10.1. The molecule has 0 aliphatic rings. The minimum atomic E-state index is -4.27. The fourth-order valence-electron chi connectivity index (χ4n) is 3.95. The summed E-state index contributed by atoms with van der Waals surface area (Å²) in [5.41, 5.74) is 1.70. The Kier molecular flexibility index (Phi) is 9.00. The van der Waals surface area contributed by atoms with E-state index < -0.39 is 34.0 Å². The van der Waals surface area contributed by atoms with Crippen LogP contribution in [0.4, 0.5) is 5.82 Å². The van der Waals surface area contributed by atoms with Crippen molar-refractivity contribution >= 4 is 38.8 Å². The van der Waals surface area contributed by atoms with Crippen LogP contribution in [0.2, 0.25) is 0 Å². The van der Waals surface area contributed by atoms with Gasteiger partial charge in [0.1, 0.15) is 17.7 Å². The molecular weight excluding hydrogens is 550 g/mol. The maximum Gasteiger partial charge on any atom is 0.322 e. The molecule has 4 N–H and O–H groups in total. The Morgan fingerprint density at radius 2 is 1.88 bits per heavy atom. The molecule has 0 bridgehead atoms. The third-order valence-corrected chi connectivity index (χ3v) is 7.53. The Morgan fingerprint density at radius 3 is 2.56 bits per heavy atom. The van der Waals surface area contributed by atoms with E-state index in [2.05, 4.69) is 25.0 Å². The van der Waals surface area contributed by atoms with E-state index in [9.17, 15) is 23.1 Å². The predicted molar refractivity (Wildman–Crippen MR) is 154 cm³/mol.